The lowest BCUT2D eigenvalue weighted by Gasteiger charge is -2.04. The number of nitrogens with two attached hydrogens (primary N) is 1. The first-order valence-corrected chi connectivity index (χ1v) is 4.27. The van der Waals surface area contributed by atoms with Crippen LogP contribution in [-0.2, 0) is 6.61 Å². The number of aliphatic hydroxyl groups is 1. The van der Waals surface area contributed by atoms with E-state index < -0.39 is 0 Å². The van der Waals surface area contributed by atoms with Crippen molar-refractivity contribution in [3.63, 3.8) is 0 Å². The summed E-state index contributed by atoms with van der Waals surface area (Å²) in [5.41, 5.74) is 0.773. The maximum absolute atomic E-state index is 8.75. The van der Waals surface area contributed by atoms with E-state index in [1.165, 1.54) is 0 Å². The summed E-state index contributed by atoms with van der Waals surface area (Å²) < 4.78 is 0.729. The standard InChI is InChI=1S/C6H8IN3O2/c1-3-5(7)9-4(2-11)10-6(3)12-8/h11H,2,8H2,1H3. The van der Waals surface area contributed by atoms with E-state index in [0.717, 1.165) is 9.26 Å². The molecule has 0 aromatic carbocycles. The van der Waals surface area contributed by atoms with Crippen LogP contribution in [0.15, 0.2) is 0 Å². The van der Waals surface area contributed by atoms with Gasteiger partial charge >= 0.3 is 0 Å². The zero-order valence-corrected chi connectivity index (χ0v) is 8.57. The Hall–Kier alpha value is -0.470. The second-order valence-electron chi connectivity index (χ2n) is 2.14. The first-order valence-electron chi connectivity index (χ1n) is 3.19. The number of hydrogen-bond donors (Lipinski definition) is 2. The van der Waals surface area contributed by atoms with Crippen molar-refractivity contribution in [3.8, 4) is 5.88 Å². The Morgan fingerprint density at radius 1 is 1.58 bits per heavy atom. The Morgan fingerprint density at radius 3 is 2.75 bits per heavy atom. The Labute approximate surface area is 83.1 Å². The van der Waals surface area contributed by atoms with Crippen molar-refractivity contribution in [2.75, 3.05) is 0 Å². The van der Waals surface area contributed by atoms with Crippen molar-refractivity contribution in [1.82, 2.24) is 9.97 Å². The van der Waals surface area contributed by atoms with Crippen LogP contribution in [0.1, 0.15) is 11.4 Å². The SMILES string of the molecule is Cc1c(I)nc(CO)nc1ON. The molecule has 0 radical (unpaired) electrons. The van der Waals surface area contributed by atoms with Crippen molar-refractivity contribution >= 4 is 22.6 Å². The quantitative estimate of drug-likeness (QED) is 0.457. The van der Waals surface area contributed by atoms with Crippen LogP contribution in [0.4, 0.5) is 0 Å². The summed E-state index contributed by atoms with van der Waals surface area (Å²) in [6.45, 7) is 1.58. The number of rotatable bonds is 2. The summed E-state index contributed by atoms with van der Waals surface area (Å²) in [6, 6.07) is 0. The lowest BCUT2D eigenvalue weighted by atomic mass is 10.4. The van der Waals surface area contributed by atoms with Gasteiger partial charge in [0.15, 0.2) is 5.82 Å². The summed E-state index contributed by atoms with van der Waals surface area (Å²) in [7, 11) is 0. The van der Waals surface area contributed by atoms with Crippen molar-refractivity contribution < 1.29 is 9.94 Å². The molecule has 66 valence electrons. The maximum Gasteiger partial charge on any atom is 0.244 e. The Kier molecular flexibility index (Phi) is 3.18. The highest BCUT2D eigenvalue weighted by Gasteiger charge is 2.08. The molecule has 3 N–H and O–H groups in total. The Morgan fingerprint density at radius 2 is 2.25 bits per heavy atom. The van der Waals surface area contributed by atoms with Gasteiger partial charge in [-0.05, 0) is 29.5 Å². The number of halogens is 1. The molecule has 1 aromatic rings. The van der Waals surface area contributed by atoms with Gasteiger partial charge in [0.1, 0.15) is 10.3 Å². The highest BCUT2D eigenvalue weighted by atomic mass is 127. The van der Waals surface area contributed by atoms with Crippen molar-refractivity contribution in [1.29, 1.82) is 0 Å². The normalized spacial score (nSPS) is 10.0. The van der Waals surface area contributed by atoms with Gasteiger partial charge in [0.2, 0.25) is 5.88 Å². The molecule has 12 heavy (non-hydrogen) atoms. The van der Waals surface area contributed by atoms with Crippen LogP contribution in [0.3, 0.4) is 0 Å². The highest BCUT2D eigenvalue weighted by molar-refractivity contribution is 14.1. The fraction of sp³-hybridized carbons (Fsp3) is 0.333. The van der Waals surface area contributed by atoms with Crippen LogP contribution >= 0.6 is 22.6 Å². The van der Waals surface area contributed by atoms with Gasteiger partial charge in [-0.1, -0.05) is 0 Å². The summed E-state index contributed by atoms with van der Waals surface area (Å²) in [5.74, 6) is 5.58. The van der Waals surface area contributed by atoms with E-state index >= 15 is 0 Å². The molecule has 1 heterocycles. The van der Waals surface area contributed by atoms with Gasteiger partial charge in [-0.25, -0.2) is 4.98 Å². The molecule has 0 atom stereocenters. The molecule has 1 aromatic heterocycles. The molecule has 1 rings (SSSR count). The molecule has 0 aliphatic carbocycles. The average molecular weight is 281 g/mol. The largest absolute Gasteiger partial charge is 0.391 e. The molecule has 6 heteroatoms. The van der Waals surface area contributed by atoms with Gasteiger partial charge in [-0.2, -0.15) is 10.9 Å². The third-order valence-electron chi connectivity index (χ3n) is 1.34. The second-order valence-corrected chi connectivity index (χ2v) is 3.16. The third-order valence-corrected chi connectivity index (χ3v) is 2.39. The molecule has 0 bridgehead atoms. The maximum atomic E-state index is 8.75. The van der Waals surface area contributed by atoms with E-state index in [1.807, 2.05) is 22.6 Å². The lowest BCUT2D eigenvalue weighted by molar-refractivity contribution is 0.263. The van der Waals surface area contributed by atoms with Gasteiger partial charge in [0.05, 0.1) is 0 Å². The van der Waals surface area contributed by atoms with E-state index in [0.29, 0.717) is 11.7 Å². The predicted molar refractivity (Wildman–Crippen MR) is 50.2 cm³/mol. The smallest absolute Gasteiger partial charge is 0.244 e. The van der Waals surface area contributed by atoms with E-state index in [-0.39, 0.29) is 6.61 Å². The van der Waals surface area contributed by atoms with E-state index in [1.54, 1.807) is 6.92 Å². The van der Waals surface area contributed by atoms with Gasteiger partial charge in [-0.3, -0.25) is 0 Å². The molecule has 0 spiro atoms. The summed E-state index contributed by atoms with van der Waals surface area (Å²) in [5, 5.41) is 8.75. The fourth-order valence-corrected chi connectivity index (χ4v) is 1.21. The van der Waals surface area contributed by atoms with Crippen molar-refractivity contribution in [2.24, 2.45) is 5.90 Å². The van der Waals surface area contributed by atoms with Gasteiger partial charge in [-0.15, -0.1) is 0 Å². The summed E-state index contributed by atoms with van der Waals surface area (Å²) in [6.07, 6.45) is 0. The fourth-order valence-electron chi connectivity index (χ4n) is 0.697. The molecule has 0 saturated heterocycles. The summed E-state index contributed by atoms with van der Waals surface area (Å²) >= 11 is 2.02. The average Bonchev–Trinajstić information content (AvgIpc) is 2.09. The number of aromatic nitrogens is 2. The van der Waals surface area contributed by atoms with E-state index in [4.69, 9.17) is 11.0 Å². The summed E-state index contributed by atoms with van der Waals surface area (Å²) in [4.78, 5) is 12.3. The molecular weight excluding hydrogens is 273 g/mol. The van der Waals surface area contributed by atoms with Crippen molar-refractivity contribution in [2.45, 2.75) is 13.5 Å². The monoisotopic (exact) mass is 281 g/mol. The number of nitrogens with zero attached hydrogens (tertiary/aromatic N) is 2. The first-order chi connectivity index (χ1) is 5.69. The Balaban J connectivity index is 3.19. The number of hydrogen-bond acceptors (Lipinski definition) is 5. The number of aliphatic hydroxyl groups excluding tert-OH is 1. The van der Waals surface area contributed by atoms with E-state index in [2.05, 4.69) is 14.8 Å². The minimum atomic E-state index is -0.216. The molecule has 0 saturated carbocycles. The topological polar surface area (TPSA) is 81.3 Å². The van der Waals surface area contributed by atoms with Crippen LogP contribution in [0.5, 0.6) is 5.88 Å². The van der Waals surface area contributed by atoms with Crippen LogP contribution in [0, 0.1) is 10.6 Å². The lowest BCUT2D eigenvalue weighted by Crippen LogP contribution is -2.09. The van der Waals surface area contributed by atoms with Gasteiger partial charge < -0.3 is 9.94 Å². The van der Waals surface area contributed by atoms with Crippen LogP contribution < -0.4 is 10.7 Å². The van der Waals surface area contributed by atoms with Gasteiger partial charge in [0, 0.05) is 5.56 Å². The molecule has 0 unspecified atom stereocenters. The zero-order valence-electron chi connectivity index (χ0n) is 6.41. The molecular formula is C6H8IN3O2. The first kappa shape index (κ1) is 9.62. The predicted octanol–water partition coefficient (Wildman–Crippen LogP) is 0.134. The minimum absolute atomic E-state index is 0.216. The second kappa shape index (κ2) is 3.97. The minimum Gasteiger partial charge on any atom is -0.391 e. The van der Waals surface area contributed by atoms with E-state index in [9.17, 15) is 0 Å². The molecule has 0 aliphatic heterocycles. The van der Waals surface area contributed by atoms with Crippen LogP contribution in [-0.4, -0.2) is 15.1 Å². The Bertz CT molecular complexity index is 292. The zero-order chi connectivity index (χ0) is 9.14. The molecule has 5 nitrogen and oxygen atoms in total. The molecule has 0 amide bonds. The van der Waals surface area contributed by atoms with Crippen LogP contribution in [0.25, 0.3) is 0 Å². The van der Waals surface area contributed by atoms with Crippen molar-refractivity contribution in [3.05, 3.63) is 15.1 Å². The third kappa shape index (κ3) is 1.82. The molecule has 0 fully saturated rings. The molecule has 0 aliphatic rings. The van der Waals surface area contributed by atoms with Gasteiger partial charge in [0.25, 0.3) is 0 Å². The highest BCUT2D eigenvalue weighted by Crippen LogP contribution is 2.17. The van der Waals surface area contributed by atoms with Crippen LogP contribution in [0.2, 0.25) is 0 Å².